The van der Waals surface area contributed by atoms with E-state index in [-0.39, 0.29) is 27.7 Å². The summed E-state index contributed by atoms with van der Waals surface area (Å²) in [6.07, 6.45) is 9.96. The van der Waals surface area contributed by atoms with E-state index in [4.69, 9.17) is 4.43 Å². The van der Waals surface area contributed by atoms with Gasteiger partial charge in [0.2, 0.25) is 5.91 Å². The predicted molar refractivity (Wildman–Crippen MR) is 145 cm³/mol. The second-order valence-electron chi connectivity index (χ2n) is 13.5. The summed E-state index contributed by atoms with van der Waals surface area (Å²) in [6.45, 7) is 25.7. The Morgan fingerprint density at radius 3 is 2.33 bits per heavy atom. The van der Waals surface area contributed by atoms with Crippen molar-refractivity contribution in [1.29, 1.82) is 0 Å². The third-order valence-corrected chi connectivity index (χ3v) is 14.2. The average molecular weight is 476 g/mol. The minimum atomic E-state index is -1.89. The van der Waals surface area contributed by atoms with E-state index in [0.717, 1.165) is 32.1 Å². The molecular weight excluding hydrogens is 422 g/mol. The molecule has 0 saturated heterocycles. The highest BCUT2D eigenvalue weighted by Crippen LogP contribution is 2.64. The first kappa shape index (κ1) is 28.4. The predicted octanol–water partition coefficient (Wildman–Crippen LogP) is 7.99. The Morgan fingerprint density at radius 1 is 1.21 bits per heavy atom. The Labute approximate surface area is 206 Å². The fraction of sp³-hybridized carbons (Fsp3) is 0.828. The Kier molecular flexibility index (Phi) is 8.60. The molecule has 2 aliphatic rings. The minimum absolute atomic E-state index is 0.105. The van der Waals surface area contributed by atoms with Gasteiger partial charge in [0.1, 0.15) is 0 Å². The zero-order valence-corrected chi connectivity index (χ0v) is 24.7. The highest BCUT2D eigenvalue weighted by Gasteiger charge is 2.59. The highest BCUT2D eigenvalue weighted by molar-refractivity contribution is 6.74. The van der Waals surface area contributed by atoms with Gasteiger partial charge >= 0.3 is 0 Å². The number of carbonyl (C=O) groups excluding carboxylic acids is 1. The topological polar surface area (TPSA) is 29.5 Å². The number of fused-ring (bicyclic) bond motifs is 1. The molecule has 5 atom stereocenters. The summed E-state index contributed by atoms with van der Waals surface area (Å²) < 4.78 is 7.21. The summed E-state index contributed by atoms with van der Waals surface area (Å²) in [5.74, 6) is 1.04. The van der Waals surface area contributed by atoms with Gasteiger partial charge in [0.25, 0.3) is 0 Å². The molecule has 3 nitrogen and oxygen atoms in total. The summed E-state index contributed by atoms with van der Waals surface area (Å²) in [4.78, 5) is 14.6. The molecule has 0 aliphatic heterocycles. The molecule has 2 fully saturated rings. The summed E-state index contributed by atoms with van der Waals surface area (Å²) in [5, 5.41) is 0.204. The fourth-order valence-electron chi connectivity index (χ4n) is 6.44. The summed E-state index contributed by atoms with van der Waals surface area (Å²) in [5.41, 5.74) is 2.90. The van der Waals surface area contributed by atoms with Crippen LogP contribution in [-0.4, -0.2) is 39.3 Å². The highest BCUT2D eigenvalue weighted by atomic mass is 28.4. The second-order valence-corrected chi connectivity index (χ2v) is 18.3. The van der Waals surface area contributed by atoms with Gasteiger partial charge in [-0.25, -0.2) is 0 Å². The SMILES string of the molecule is C=C1CC[C@H]2[C@](C)(CCC=C(C)C)[C@@H](O[Si](C)(C)C(C)(C)C)CC[C@]2(C)[C@@H]1CC(=O)N(C)C. The third kappa shape index (κ3) is 5.86. The molecule has 0 N–H and O–H groups in total. The first-order valence-electron chi connectivity index (χ1n) is 13.1. The van der Waals surface area contributed by atoms with Gasteiger partial charge in [-0.3, -0.25) is 4.79 Å². The Morgan fingerprint density at radius 2 is 1.82 bits per heavy atom. The van der Waals surface area contributed by atoms with Crippen LogP contribution in [0.3, 0.4) is 0 Å². The molecule has 190 valence electrons. The van der Waals surface area contributed by atoms with Crippen molar-refractivity contribution in [3.8, 4) is 0 Å². The number of amides is 1. The van der Waals surface area contributed by atoms with Gasteiger partial charge in [-0.1, -0.05) is 58.4 Å². The van der Waals surface area contributed by atoms with E-state index in [1.165, 1.54) is 17.6 Å². The van der Waals surface area contributed by atoms with E-state index in [1.54, 1.807) is 4.90 Å². The van der Waals surface area contributed by atoms with E-state index < -0.39 is 8.32 Å². The number of allylic oxidation sites excluding steroid dienone is 3. The standard InChI is InChI=1S/C29H53NO2Si/c1-21(2)14-13-18-29(8)24-16-15-22(3)23(20-26(31)30(9)10)28(24,7)19-17-25(29)32-33(11,12)27(4,5)6/h14,23-25H,3,13,15-20H2,1-2,4-12H3/t23-,24-,25+,28-,29+/m1/s1. The molecule has 2 rings (SSSR count). The van der Waals surface area contributed by atoms with Crippen molar-refractivity contribution >= 4 is 14.2 Å². The van der Waals surface area contributed by atoms with E-state index in [2.05, 4.69) is 74.2 Å². The normalized spacial score (nSPS) is 32.8. The summed E-state index contributed by atoms with van der Waals surface area (Å²) in [6, 6.07) is 0. The quantitative estimate of drug-likeness (QED) is 0.276. The Bertz CT molecular complexity index is 758. The van der Waals surface area contributed by atoms with E-state index in [9.17, 15) is 4.79 Å². The van der Waals surface area contributed by atoms with Gasteiger partial charge in [-0.05, 0) is 93.2 Å². The van der Waals surface area contributed by atoms with Crippen LogP contribution in [0.5, 0.6) is 0 Å². The molecule has 0 aromatic carbocycles. The molecule has 0 spiro atoms. The van der Waals surface area contributed by atoms with Gasteiger partial charge < -0.3 is 9.33 Å². The van der Waals surface area contributed by atoms with Crippen LogP contribution < -0.4 is 0 Å². The van der Waals surface area contributed by atoms with Crippen molar-refractivity contribution in [3.05, 3.63) is 23.8 Å². The lowest BCUT2D eigenvalue weighted by molar-refractivity contribution is -0.143. The number of hydrogen-bond donors (Lipinski definition) is 0. The van der Waals surface area contributed by atoms with Crippen LogP contribution in [0, 0.1) is 22.7 Å². The van der Waals surface area contributed by atoms with E-state index >= 15 is 0 Å². The molecule has 33 heavy (non-hydrogen) atoms. The number of nitrogens with zero attached hydrogens (tertiary/aromatic N) is 1. The third-order valence-electron chi connectivity index (χ3n) is 9.67. The molecule has 0 bridgehead atoms. The van der Waals surface area contributed by atoms with Crippen LogP contribution in [0.25, 0.3) is 0 Å². The molecule has 0 radical (unpaired) electrons. The number of rotatable bonds is 7. The molecule has 4 heteroatoms. The van der Waals surface area contributed by atoms with Crippen LogP contribution >= 0.6 is 0 Å². The van der Waals surface area contributed by atoms with Crippen molar-refractivity contribution in [1.82, 2.24) is 4.90 Å². The van der Waals surface area contributed by atoms with Crippen LogP contribution in [0.2, 0.25) is 18.1 Å². The Hall–Kier alpha value is -0.873. The molecule has 2 aliphatic carbocycles. The van der Waals surface area contributed by atoms with Crippen molar-refractivity contribution < 1.29 is 9.22 Å². The first-order valence-corrected chi connectivity index (χ1v) is 16.1. The average Bonchev–Trinajstić information content (AvgIpc) is 2.65. The van der Waals surface area contributed by atoms with Crippen molar-refractivity contribution in [2.24, 2.45) is 22.7 Å². The summed E-state index contributed by atoms with van der Waals surface area (Å²) >= 11 is 0. The van der Waals surface area contributed by atoms with Gasteiger partial charge in [-0.2, -0.15) is 0 Å². The molecule has 0 unspecified atom stereocenters. The zero-order chi connectivity index (χ0) is 25.4. The molecule has 2 saturated carbocycles. The van der Waals surface area contributed by atoms with Crippen LogP contribution in [0.4, 0.5) is 0 Å². The van der Waals surface area contributed by atoms with Crippen LogP contribution in [0.15, 0.2) is 23.8 Å². The molecule has 1 amide bonds. The van der Waals surface area contributed by atoms with Gasteiger partial charge in [-0.15, -0.1) is 0 Å². The van der Waals surface area contributed by atoms with Crippen molar-refractivity contribution in [2.45, 2.75) is 118 Å². The molecule has 0 aromatic heterocycles. The smallest absolute Gasteiger partial charge is 0.222 e. The largest absolute Gasteiger partial charge is 0.413 e. The van der Waals surface area contributed by atoms with E-state index in [1.807, 2.05) is 14.1 Å². The van der Waals surface area contributed by atoms with Crippen molar-refractivity contribution in [3.63, 3.8) is 0 Å². The maximum Gasteiger partial charge on any atom is 0.222 e. The maximum atomic E-state index is 12.8. The van der Waals surface area contributed by atoms with Crippen LogP contribution in [-0.2, 0) is 9.22 Å². The summed E-state index contributed by atoms with van der Waals surface area (Å²) in [7, 11) is 1.86. The lowest BCUT2D eigenvalue weighted by atomic mass is 9.45. The van der Waals surface area contributed by atoms with Crippen molar-refractivity contribution in [2.75, 3.05) is 14.1 Å². The van der Waals surface area contributed by atoms with Gasteiger partial charge in [0, 0.05) is 20.5 Å². The van der Waals surface area contributed by atoms with Gasteiger partial charge in [0.15, 0.2) is 8.32 Å². The lowest BCUT2D eigenvalue weighted by Crippen LogP contribution is -2.59. The number of hydrogen-bond acceptors (Lipinski definition) is 2. The molecule has 0 heterocycles. The second kappa shape index (κ2) is 10.0. The maximum absolute atomic E-state index is 12.8. The number of carbonyl (C=O) groups is 1. The van der Waals surface area contributed by atoms with E-state index in [0.29, 0.717) is 18.4 Å². The minimum Gasteiger partial charge on any atom is -0.413 e. The monoisotopic (exact) mass is 475 g/mol. The molecule has 0 aromatic rings. The Balaban J connectivity index is 2.47. The molecular formula is C29H53NO2Si. The van der Waals surface area contributed by atoms with Gasteiger partial charge in [0.05, 0.1) is 6.10 Å². The first-order chi connectivity index (χ1) is 15.0. The lowest BCUT2D eigenvalue weighted by Gasteiger charge is -2.62. The fourth-order valence-corrected chi connectivity index (χ4v) is 7.89. The van der Waals surface area contributed by atoms with Crippen LogP contribution in [0.1, 0.15) is 93.4 Å². The zero-order valence-electron chi connectivity index (χ0n) is 23.7.